The summed E-state index contributed by atoms with van der Waals surface area (Å²) in [4.78, 5) is 14.2. The molecule has 3 rings (SSSR count). The van der Waals surface area contributed by atoms with E-state index in [0.29, 0.717) is 6.54 Å². The normalized spacial score (nSPS) is 26.2. The Hall–Kier alpha value is -1.39. The number of rotatable bonds is 4. The van der Waals surface area contributed by atoms with Gasteiger partial charge in [-0.3, -0.25) is 4.79 Å². The van der Waals surface area contributed by atoms with Crippen LogP contribution >= 0.6 is 0 Å². The first-order valence-corrected chi connectivity index (χ1v) is 7.92. The number of carbonyl (C=O) groups excluding carboxylic acids is 1. The number of benzene rings is 1. The average Bonchev–Trinajstić information content (AvgIpc) is 3.11. The van der Waals surface area contributed by atoms with E-state index >= 15 is 0 Å². The summed E-state index contributed by atoms with van der Waals surface area (Å²) in [6, 6.07) is 5.91. The zero-order valence-electron chi connectivity index (χ0n) is 12.7. The number of aliphatic hydroxyl groups excluding tert-OH is 1. The molecule has 2 heterocycles. The summed E-state index contributed by atoms with van der Waals surface area (Å²) in [6.07, 6.45) is 1.99. The van der Waals surface area contributed by atoms with Crippen LogP contribution in [0.2, 0.25) is 0 Å². The number of anilines is 1. The van der Waals surface area contributed by atoms with E-state index in [1.807, 2.05) is 36.9 Å². The van der Waals surface area contributed by atoms with Crippen LogP contribution in [0.3, 0.4) is 0 Å². The minimum Gasteiger partial charge on any atom is -0.386 e. The number of hydrogen-bond donors (Lipinski definition) is 1. The van der Waals surface area contributed by atoms with Gasteiger partial charge in [-0.2, -0.15) is 0 Å². The predicted octanol–water partition coefficient (Wildman–Crippen LogP) is 2.76. The van der Waals surface area contributed by atoms with E-state index in [1.165, 1.54) is 0 Å². The number of carbonyl (C=O) groups is 1. The van der Waals surface area contributed by atoms with Crippen molar-refractivity contribution in [3.05, 3.63) is 29.3 Å². The van der Waals surface area contributed by atoms with Gasteiger partial charge in [0, 0.05) is 18.8 Å². The number of amides is 1. The highest BCUT2D eigenvalue weighted by Gasteiger charge is 2.36. The lowest BCUT2D eigenvalue weighted by Crippen LogP contribution is -2.28. The van der Waals surface area contributed by atoms with E-state index < -0.39 is 6.10 Å². The molecule has 3 atom stereocenters. The molecule has 0 radical (unpaired) electrons. The van der Waals surface area contributed by atoms with Crippen LogP contribution in [-0.2, 0) is 9.53 Å². The minimum absolute atomic E-state index is 0.0726. The Bertz CT molecular complexity index is 537. The van der Waals surface area contributed by atoms with Crippen molar-refractivity contribution in [3.8, 4) is 0 Å². The Balaban J connectivity index is 1.93. The van der Waals surface area contributed by atoms with Crippen LogP contribution in [0.25, 0.3) is 0 Å². The van der Waals surface area contributed by atoms with Gasteiger partial charge in [0.2, 0.25) is 5.91 Å². The van der Waals surface area contributed by atoms with Gasteiger partial charge in [-0.1, -0.05) is 19.1 Å². The van der Waals surface area contributed by atoms with Gasteiger partial charge >= 0.3 is 0 Å². The van der Waals surface area contributed by atoms with Gasteiger partial charge in [0.1, 0.15) is 6.10 Å². The average molecular weight is 289 g/mol. The van der Waals surface area contributed by atoms with E-state index in [9.17, 15) is 9.90 Å². The second-order valence-electron chi connectivity index (χ2n) is 5.86. The standard InChI is InChI=1S/C17H23NO3/c1-3-12-13-10-11(16(19)15-6-5-9-21-15)7-8-14(13)18(4-2)17(12)20/h7-8,10,12,15-16,19H,3-6,9H2,1-2H3. The van der Waals surface area contributed by atoms with Gasteiger partial charge in [-0.25, -0.2) is 0 Å². The van der Waals surface area contributed by atoms with E-state index in [-0.39, 0.29) is 17.9 Å². The number of fused-ring (bicyclic) bond motifs is 1. The Kier molecular flexibility index (Phi) is 4.00. The summed E-state index contributed by atoms with van der Waals surface area (Å²) in [5.41, 5.74) is 2.92. The zero-order chi connectivity index (χ0) is 15.0. The van der Waals surface area contributed by atoms with Crippen molar-refractivity contribution < 1.29 is 14.6 Å². The van der Waals surface area contributed by atoms with Crippen molar-refractivity contribution >= 4 is 11.6 Å². The SMILES string of the molecule is CCC1C(=O)N(CC)c2ccc(C(O)C3CCCO3)cc21. The third-order valence-corrected chi connectivity index (χ3v) is 4.66. The first-order chi connectivity index (χ1) is 10.2. The first kappa shape index (κ1) is 14.5. The number of aliphatic hydroxyl groups is 1. The smallest absolute Gasteiger partial charge is 0.234 e. The molecule has 21 heavy (non-hydrogen) atoms. The molecule has 2 aliphatic rings. The molecule has 2 aliphatic heterocycles. The number of hydrogen-bond acceptors (Lipinski definition) is 3. The fraction of sp³-hybridized carbons (Fsp3) is 0.588. The Morgan fingerprint density at radius 1 is 1.43 bits per heavy atom. The minimum atomic E-state index is -0.596. The lowest BCUT2D eigenvalue weighted by atomic mass is 9.93. The largest absolute Gasteiger partial charge is 0.386 e. The van der Waals surface area contributed by atoms with Crippen LogP contribution in [0.4, 0.5) is 5.69 Å². The van der Waals surface area contributed by atoms with Crippen LogP contribution in [0.15, 0.2) is 18.2 Å². The van der Waals surface area contributed by atoms with Gasteiger partial charge in [0.05, 0.1) is 12.0 Å². The molecule has 1 aromatic rings. The quantitative estimate of drug-likeness (QED) is 0.927. The number of likely N-dealkylation sites (N-methyl/N-ethyl adjacent to an activating group) is 1. The maximum absolute atomic E-state index is 12.4. The molecule has 1 saturated heterocycles. The van der Waals surface area contributed by atoms with E-state index in [0.717, 1.165) is 42.7 Å². The maximum atomic E-state index is 12.4. The molecule has 1 amide bonds. The summed E-state index contributed by atoms with van der Waals surface area (Å²) in [5.74, 6) is 0.107. The first-order valence-electron chi connectivity index (χ1n) is 7.92. The van der Waals surface area contributed by atoms with E-state index in [4.69, 9.17) is 4.74 Å². The van der Waals surface area contributed by atoms with Crippen molar-refractivity contribution in [2.45, 2.75) is 51.2 Å². The van der Waals surface area contributed by atoms with Crippen molar-refractivity contribution in [2.24, 2.45) is 0 Å². The van der Waals surface area contributed by atoms with Crippen molar-refractivity contribution in [1.82, 2.24) is 0 Å². The Morgan fingerprint density at radius 3 is 2.86 bits per heavy atom. The van der Waals surface area contributed by atoms with Gasteiger partial charge in [-0.15, -0.1) is 0 Å². The maximum Gasteiger partial charge on any atom is 0.234 e. The van der Waals surface area contributed by atoms with Crippen molar-refractivity contribution in [1.29, 1.82) is 0 Å². The third-order valence-electron chi connectivity index (χ3n) is 4.66. The van der Waals surface area contributed by atoms with Crippen LogP contribution in [0.5, 0.6) is 0 Å². The van der Waals surface area contributed by atoms with Gasteiger partial charge < -0.3 is 14.7 Å². The van der Waals surface area contributed by atoms with Crippen LogP contribution < -0.4 is 4.90 Å². The molecular formula is C17H23NO3. The molecule has 4 nitrogen and oxygen atoms in total. The van der Waals surface area contributed by atoms with Crippen molar-refractivity contribution in [2.75, 3.05) is 18.1 Å². The Labute approximate surface area is 125 Å². The zero-order valence-corrected chi connectivity index (χ0v) is 12.7. The highest BCUT2D eigenvalue weighted by Crippen LogP contribution is 2.41. The topological polar surface area (TPSA) is 49.8 Å². The van der Waals surface area contributed by atoms with Crippen LogP contribution in [0.1, 0.15) is 56.3 Å². The molecule has 1 aromatic carbocycles. The lowest BCUT2D eigenvalue weighted by molar-refractivity contribution is -0.119. The summed E-state index contributed by atoms with van der Waals surface area (Å²) < 4.78 is 5.58. The number of ether oxygens (including phenoxy) is 1. The second-order valence-corrected chi connectivity index (χ2v) is 5.86. The molecule has 0 saturated carbocycles. The third kappa shape index (κ3) is 2.36. The fourth-order valence-electron chi connectivity index (χ4n) is 3.51. The second kappa shape index (κ2) is 5.78. The molecule has 0 bridgehead atoms. The lowest BCUT2D eigenvalue weighted by Gasteiger charge is -2.19. The van der Waals surface area contributed by atoms with Gasteiger partial charge in [0.25, 0.3) is 0 Å². The highest BCUT2D eigenvalue weighted by molar-refractivity contribution is 6.04. The molecule has 3 unspecified atom stereocenters. The molecule has 0 aromatic heterocycles. The molecule has 0 spiro atoms. The summed E-state index contributed by atoms with van der Waals surface area (Å²) in [7, 11) is 0. The van der Waals surface area contributed by atoms with Gasteiger partial charge in [0.15, 0.2) is 0 Å². The molecule has 1 N–H and O–H groups in total. The van der Waals surface area contributed by atoms with E-state index in [2.05, 4.69) is 0 Å². The summed E-state index contributed by atoms with van der Waals surface area (Å²) in [6.45, 7) is 5.45. The molecule has 4 heteroatoms. The van der Waals surface area contributed by atoms with E-state index in [1.54, 1.807) is 0 Å². The number of nitrogens with zero attached hydrogens (tertiary/aromatic N) is 1. The summed E-state index contributed by atoms with van der Waals surface area (Å²) in [5, 5.41) is 10.5. The molecular weight excluding hydrogens is 266 g/mol. The predicted molar refractivity (Wildman–Crippen MR) is 81.4 cm³/mol. The molecule has 0 aliphatic carbocycles. The molecule has 114 valence electrons. The highest BCUT2D eigenvalue weighted by atomic mass is 16.5. The Morgan fingerprint density at radius 2 is 2.24 bits per heavy atom. The van der Waals surface area contributed by atoms with Crippen LogP contribution in [-0.4, -0.2) is 30.3 Å². The van der Waals surface area contributed by atoms with Crippen molar-refractivity contribution in [3.63, 3.8) is 0 Å². The summed E-state index contributed by atoms with van der Waals surface area (Å²) >= 11 is 0. The molecule has 1 fully saturated rings. The van der Waals surface area contributed by atoms with Gasteiger partial charge in [-0.05, 0) is 43.4 Å². The monoisotopic (exact) mass is 289 g/mol. The fourth-order valence-corrected chi connectivity index (χ4v) is 3.51. The van der Waals surface area contributed by atoms with Crippen LogP contribution in [0, 0.1) is 0 Å².